The van der Waals surface area contributed by atoms with Crippen molar-refractivity contribution in [1.29, 1.82) is 0 Å². The van der Waals surface area contributed by atoms with E-state index in [1.807, 2.05) is 32.0 Å². The van der Waals surface area contributed by atoms with Crippen LogP contribution >= 0.6 is 23.2 Å². The van der Waals surface area contributed by atoms with E-state index in [0.717, 1.165) is 16.0 Å². The maximum absolute atomic E-state index is 13.1. The predicted octanol–water partition coefficient (Wildman–Crippen LogP) is 5.65. The highest BCUT2D eigenvalue weighted by Crippen LogP contribution is 2.37. The molecule has 0 unspecified atom stereocenters. The van der Waals surface area contributed by atoms with Gasteiger partial charge in [-0.2, -0.15) is 0 Å². The number of benzene rings is 3. The molecule has 9 heteroatoms. The molecule has 3 aromatic carbocycles. The van der Waals surface area contributed by atoms with Crippen LogP contribution in [0.5, 0.6) is 5.75 Å². The Morgan fingerprint density at radius 2 is 1.51 bits per heavy atom. The first-order chi connectivity index (χ1) is 16.7. The number of aryl methyl sites for hydroxylation is 2. The molecule has 0 radical (unpaired) electrons. The number of carbonyl (C=O) groups excluding carboxylic acids is 3. The van der Waals surface area contributed by atoms with E-state index >= 15 is 0 Å². The zero-order valence-electron chi connectivity index (χ0n) is 19.1. The Labute approximate surface area is 212 Å². The van der Waals surface area contributed by atoms with Crippen molar-refractivity contribution in [1.82, 2.24) is 0 Å². The van der Waals surface area contributed by atoms with Gasteiger partial charge in [0.05, 0.1) is 12.8 Å². The Bertz CT molecular complexity index is 1360. The normalized spacial score (nSPS) is 13.3. The minimum atomic E-state index is -0.704. The summed E-state index contributed by atoms with van der Waals surface area (Å²) in [5.74, 6) is -1.34. The predicted molar refractivity (Wildman–Crippen MR) is 137 cm³/mol. The number of hydrogen-bond acceptors (Lipinski definition) is 5. The van der Waals surface area contributed by atoms with Crippen LogP contribution in [-0.4, -0.2) is 24.8 Å². The molecule has 0 saturated heterocycles. The van der Waals surface area contributed by atoms with Crippen molar-refractivity contribution in [3.05, 3.63) is 93.1 Å². The number of ether oxygens (including phenoxy) is 1. The molecule has 0 fully saturated rings. The van der Waals surface area contributed by atoms with Crippen molar-refractivity contribution in [3.63, 3.8) is 0 Å². The fourth-order valence-corrected chi connectivity index (χ4v) is 4.15. The van der Waals surface area contributed by atoms with Gasteiger partial charge >= 0.3 is 0 Å². The van der Waals surface area contributed by atoms with Crippen LogP contribution in [0.1, 0.15) is 21.5 Å². The molecule has 7 nitrogen and oxygen atoms in total. The summed E-state index contributed by atoms with van der Waals surface area (Å²) in [5.41, 5.74) is 3.79. The molecule has 0 atom stereocenters. The zero-order chi connectivity index (χ0) is 25.3. The molecule has 2 N–H and O–H groups in total. The number of nitrogens with one attached hydrogen (secondary N) is 2. The molecule has 0 aromatic heterocycles. The first-order valence-corrected chi connectivity index (χ1v) is 11.3. The Morgan fingerprint density at radius 1 is 0.857 bits per heavy atom. The summed E-state index contributed by atoms with van der Waals surface area (Å²) < 4.78 is 5.26. The summed E-state index contributed by atoms with van der Waals surface area (Å²) in [5, 5.41) is 5.82. The first-order valence-electron chi connectivity index (χ1n) is 10.6. The van der Waals surface area contributed by atoms with E-state index in [0.29, 0.717) is 27.7 Å². The average Bonchev–Trinajstić information content (AvgIpc) is 3.01. The molecule has 0 saturated carbocycles. The second-order valence-corrected chi connectivity index (χ2v) is 8.80. The summed E-state index contributed by atoms with van der Waals surface area (Å²) in [6.45, 7) is 3.92. The lowest BCUT2D eigenvalue weighted by molar-refractivity contribution is -0.120. The molecular formula is C26H21Cl2N3O4. The number of nitrogens with zero attached hydrogens (tertiary/aromatic N) is 1. The highest BCUT2D eigenvalue weighted by Gasteiger charge is 2.40. The number of amides is 3. The molecule has 0 aliphatic carbocycles. The van der Waals surface area contributed by atoms with Crippen molar-refractivity contribution >= 4 is 58.0 Å². The van der Waals surface area contributed by atoms with Gasteiger partial charge in [0.1, 0.15) is 16.5 Å². The maximum Gasteiger partial charge on any atom is 0.283 e. The Kier molecular flexibility index (Phi) is 6.82. The van der Waals surface area contributed by atoms with Gasteiger partial charge in [-0.3, -0.25) is 14.4 Å². The lowest BCUT2D eigenvalue weighted by Crippen LogP contribution is -2.32. The van der Waals surface area contributed by atoms with Gasteiger partial charge in [-0.15, -0.1) is 0 Å². The minimum Gasteiger partial charge on any atom is -0.495 e. The second kappa shape index (κ2) is 9.82. The fourth-order valence-electron chi connectivity index (χ4n) is 3.77. The number of methoxy groups -OCH3 is 1. The van der Waals surface area contributed by atoms with Crippen molar-refractivity contribution in [2.45, 2.75) is 13.8 Å². The molecule has 35 heavy (non-hydrogen) atoms. The van der Waals surface area contributed by atoms with E-state index in [9.17, 15) is 14.4 Å². The molecule has 3 aromatic rings. The van der Waals surface area contributed by atoms with Crippen LogP contribution in [-0.2, 0) is 9.59 Å². The van der Waals surface area contributed by atoms with Crippen LogP contribution in [0.15, 0.2) is 71.4 Å². The van der Waals surface area contributed by atoms with E-state index in [1.165, 1.54) is 13.2 Å². The zero-order valence-corrected chi connectivity index (χ0v) is 20.6. The van der Waals surface area contributed by atoms with Crippen LogP contribution in [0, 0.1) is 13.8 Å². The number of halogens is 2. The van der Waals surface area contributed by atoms with Gasteiger partial charge in [-0.25, -0.2) is 4.90 Å². The molecule has 0 bridgehead atoms. The van der Waals surface area contributed by atoms with Crippen LogP contribution < -0.4 is 20.3 Å². The third-order valence-corrected chi connectivity index (χ3v) is 5.89. The number of anilines is 3. The lowest BCUT2D eigenvalue weighted by atomic mass is 10.1. The van der Waals surface area contributed by atoms with Gasteiger partial charge in [0.15, 0.2) is 0 Å². The second-order valence-electron chi connectivity index (χ2n) is 7.98. The third-order valence-electron chi connectivity index (χ3n) is 5.31. The highest BCUT2D eigenvalue weighted by atomic mass is 35.5. The van der Waals surface area contributed by atoms with Gasteiger partial charge in [0.25, 0.3) is 17.7 Å². The molecular weight excluding hydrogens is 489 g/mol. The van der Waals surface area contributed by atoms with E-state index in [-0.39, 0.29) is 22.3 Å². The van der Waals surface area contributed by atoms with Gasteiger partial charge in [0, 0.05) is 22.0 Å². The molecule has 1 aliphatic rings. The number of rotatable bonds is 6. The van der Waals surface area contributed by atoms with E-state index in [4.69, 9.17) is 27.9 Å². The number of hydrogen-bond donors (Lipinski definition) is 2. The highest BCUT2D eigenvalue weighted by molar-refractivity contribution is 6.53. The summed E-state index contributed by atoms with van der Waals surface area (Å²) in [7, 11) is 1.42. The maximum atomic E-state index is 13.1. The van der Waals surface area contributed by atoms with Crippen LogP contribution in [0.3, 0.4) is 0 Å². The smallest absolute Gasteiger partial charge is 0.283 e. The summed E-state index contributed by atoms with van der Waals surface area (Å²) in [6.07, 6.45) is 0. The van der Waals surface area contributed by atoms with Crippen molar-refractivity contribution in [2.75, 3.05) is 22.6 Å². The van der Waals surface area contributed by atoms with E-state index in [1.54, 1.807) is 36.4 Å². The van der Waals surface area contributed by atoms with Gasteiger partial charge in [0.2, 0.25) is 0 Å². The third kappa shape index (κ3) is 5.01. The monoisotopic (exact) mass is 509 g/mol. The van der Waals surface area contributed by atoms with E-state index < -0.39 is 11.8 Å². The fraction of sp³-hybridized carbons (Fsp3) is 0.115. The topological polar surface area (TPSA) is 87.7 Å². The van der Waals surface area contributed by atoms with Crippen LogP contribution in [0.2, 0.25) is 5.02 Å². The average molecular weight is 510 g/mol. The summed E-state index contributed by atoms with van der Waals surface area (Å²) in [4.78, 5) is 39.4. The molecule has 3 amide bonds. The number of imide groups is 1. The lowest BCUT2D eigenvalue weighted by Gasteiger charge is -2.18. The van der Waals surface area contributed by atoms with Gasteiger partial charge < -0.3 is 15.4 Å². The Morgan fingerprint density at radius 3 is 2.14 bits per heavy atom. The molecule has 1 aliphatic heterocycles. The Balaban J connectivity index is 1.51. The quantitative estimate of drug-likeness (QED) is 0.419. The molecule has 1 heterocycles. The van der Waals surface area contributed by atoms with Gasteiger partial charge in [-0.1, -0.05) is 29.3 Å². The summed E-state index contributed by atoms with van der Waals surface area (Å²) in [6, 6.07) is 16.8. The standard InChI is InChI=1S/C26H21Cl2N3O4/c1-14-10-15(2)12-19(11-14)30-24(32)16-4-7-18(8-5-16)29-23-22(28)25(33)31(26(23)34)20-13-17(27)6-9-21(20)35-3/h4-13,29H,1-3H3,(H,30,32). The Hall–Kier alpha value is -3.81. The molecule has 178 valence electrons. The molecule has 0 spiro atoms. The van der Waals surface area contributed by atoms with Crippen LogP contribution in [0.25, 0.3) is 0 Å². The SMILES string of the molecule is COc1ccc(Cl)cc1N1C(=O)C(Cl)=C(Nc2ccc(C(=O)Nc3cc(C)cc(C)c3)cc2)C1=O. The largest absolute Gasteiger partial charge is 0.495 e. The van der Waals surface area contributed by atoms with E-state index in [2.05, 4.69) is 10.6 Å². The van der Waals surface area contributed by atoms with Crippen molar-refractivity contribution < 1.29 is 19.1 Å². The summed E-state index contributed by atoms with van der Waals surface area (Å²) >= 11 is 12.3. The minimum absolute atomic E-state index is 0.0915. The van der Waals surface area contributed by atoms with Crippen molar-refractivity contribution in [2.24, 2.45) is 0 Å². The molecule has 4 rings (SSSR count). The first kappa shape index (κ1) is 24.3. The van der Waals surface area contributed by atoms with Crippen LogP contribution in [0.4, 0.5) is 17.1 Å². The van der Waals surface area contributed by atoms with Crippen molar-refractivity contribution in [3.8, 4) is 5.75 Å². The number of carbonyl (C=O) groups is 3. The van der Waals surface area contributed by atoms with Gasteiger partial charge in [-0.05, 0) is 79.6 Å².